The minimum atomic E-state index is -0.274. The number of carbonyl (C=O) groups excluding carboxylic acids is 1. The van der Waals surface area contributed by atoms with Gasteiger partial charge in [0, 0.05) is 15.7 Å². The van der Waals surface area contributed by atoms with Crippen LogP contribution < -0.4 is 19.5 Å². The lowest BCUT2D eigenvalue weighted by Gasteiger charge is -2.16. The number of carbonyl (C=O) groups is 1. The normalized spacial score (nSPS) is 10.2. The molecule has 3 aromatic carbocycles. The predicted molar refractivity (Wildman–Crippen MR) is 112 cm³/mol. The average molecular weight is 442 g/mol. The third-order valence-corrected chi connectivity index (χ3v) is 4.52. The molecule has 0 saturated carbocycles. The Labute approximate surface area is 172 Å². The first-order chi connectivity index (χ1) is 13.6. The molecule has 0 aliphatic heterocycles. The van der Waals surface area contributed by atoms with Gasteiger partial charge in [-0.05, 0) is 35.9 Å². The van der Waals surface area contributed by atoms with Gasteiger partial charge in [0.05, 0.1) is 14.2 Å². The first-order valence-electron chi connectivity index (χ1n) is 8.60. The van der Waals surface area contributed by atoms with Gasteiger partial charge in [0.1, 0.15) is 6.61 Å². The smallest absolute Gasteiger partial charge is 0.255 e. The molecule has 0 aliphatic rings. The van der Waals surface area contributed by atoms with Crippen LogP contribution in [0.1, 0.15) is 15.9 Å². The molecule has 0 aliphatic carbocycles. The van der Waals surface area contributed by atoms with Gasteiger partial charge in [-0.15, -0.1) is 0 Å². The summed E-state index contributed by atoms with van der Waals surface area (Å²) in [6.45, 7) is 0.358. The van der Waals surface area contributed by atoms with E-state index in [1.54, 1.807) is 12.1 Å². The maximum atomic E-state index is 12.7. The predicted octanol–water partition coefficient (Wildman–Crippen LogP) is 5.30. The first kappa shape index (κ1) is 19.8. The molecule has 144 valence electrons. The molecule has 28 heavy (non-hydrogen) atoms. The van der Waals surface area contributed by atoms with Crippen molar-refractivity contribution in [3.8, 4) is 17.2 Å². The molecule has 6 heteroatoms. The highest BCUT2D eigenvalue weighted by atomic mass is 79.9. The maximum Gasteiger partial charge on any atom is 0.255 e. The zero-order chi connectivity index (χ0) is 19.9. The van der Waals surface area contributed by atoms with Crippen LogP contribution in [-0.4, -0.2) is 20.1 Å². The van der Waals surface area contributed by atoms with E-state index in [1.165, 1.54) is 14.2 Å². The molecule has 1 N–H and O–H groups in total. The number of rotatable bonds is 7. The summed E-state index contributed by atoms with van der Waals surface area (Å²) in [6, 6.07) is 20.4. The van der Waals surface area contributed by atoms with Crippen molar-refractivity contribution in [3.63, 3.8) is 0 Å². The first-order valence-corrected chi connectivity index (χ1v) is 9.39. The van der Waals surface area contributed by atoms with Gasteiger partial charge >= 0.3 is 0 Å². The number of ether oxygens (including phenoxy) is 3. The Morgan fingerprint density at radius 2 is 1.61 bits per heavy atom. The molecule has 0 saturated heterocycles. The molecule has 1 amide bonds. The molecule has 0 aromatic heterocycles. The van der Waals surface area contributed by atoms with Crippen LogP contribution in [0, 0.1) is 0 Å². The monoisotopic (exact) mass is 441 g/mol. The number of benzene rings is 3. The van der Waals surface area contributed by atoms with Gasteiger partial charge in [0.2, 0.25) is 5.75 Å². The topological polar surface area (TPSA) is 56.8 Å². The summed E-state index contributed by atoms with van der Waals surface area (Å²) >= 11 is 3.39. The van der Waals surface area contributed by atoms with Crippen LogP contribution in [0.25, 0.3) is 0 Å². The molecule has 0 spiro atoms. The van der Waals surface area contributed by atoms with Gasteiger partial charge in [-0.3, -0.25) is 4.79 Å². The molecular formula is C22H20BrNO4. The molecular weight excluding hydrogens is 422 g/mol. The highest BCUT2D eigenvalue weighted by molar-refractivity contribution is 9.10. The summed E-state index contributed by atoms with van der Waals surface area (Å²) in [5.74, 6) is 1.03. The standard InChI is InChI=1S/C22H20BrNO4/c1-26-19-11-16(22(25)24-18-10-6-9-17(23)13-18)12-20(27-2)21(19)28-14-15-7-4-3-5-8-15/h3-13H,14H2,1-2H3,(H,24,25). The highest BCUT2D eigenvalue weighted by Gasteiger charge is 2.18. The quantitative estimate of drug-likeness (QED) is 0.540. The molecule has 0 atom stereocenters. The summed E-state index contributed by atoms with van der Waals surface area (Å²) < 4.78 is 17.7. The maximum absolute atomic E-state index is 12.7. The van der Waals surface area contributed by atoms with Crippen LogP contribution in [0.4, 0.5) is 5.69 Å². The summed E-state index contributed by atoms with van der Waals surface area (Å²) in [5, 5.41) is 2.86. The van der Waals surface area contributed by atoms with Crippen molar-refractivity contribution in [1.29, 1.82) is 0 Å². The number of halogens is 1. The molecule has 0 bridgehead atoms. The van der Waals surface area contributed by atoms with E-state index in [9.17, 15) is 4.79 Å². The Kier molecular flexibility index (Phi) is 6.55. The van der Waals surface area contributed by atoms with E-state index in [1.807, 2.05) is 54.6 Å². The van der Waals surface area contributed by atoms with E-state index in [0.717, 1.165) is 10.0 Å². The van der Waals surface area contributed by atoms with Crippen LogP contribution in [-0.2, 0) is 6.61 Å². The zero-order valence-corrected chi connectivity index (χ0v) is 17.2. The fourth-order valence-electron chi connectivity index (χ4n) is 2.65. The SMILES string of the molecule is COc1cc(C(=O)Nc2cccc(Br)c2)cc(OC)c1OCc1ccccc1. The van der Waals surface area contributed by atoms with Crippen molar-refractivity contribution in [1.82, 2.24) is 0 Å². The third kappa shape index (κ3) is 4.84. The second-order valence-electron chi connectivity index (χ2n) is 5.95. The summed E-state index contributed by atoms with van der Waals surface area (Å²) in [4.78, 5) is 12.7. The van der Waals surface area contributed by atoms with Crippen LogP contribution in [0.5, 0.6) is 17.2 Å². The van der Waals surface area contributed by atoms with E-state index in [0.29, 0.717) is 35.1 Å². The van der Waals surface area contributed by atoms with Gasteiger partial charge < -0.3 is 19.5 Å². The zero-order valence-electron chi connectivity index (χ0n) is 15.6. The van der Waals surface area contributed by atoms with E-state index in [2.05, 4.69) is 21.2 Å². The Balaban J connectivity index is 1.84. The summed E-state index contributed by atoms with van der Waals surface area (Å²) in [6.07, 6.45) is 0. The Bertz CT molecular complexity index is 935. The largest absolute Gasteiger partial charge is 0.493 e. The van der Waals surface area contributed by atoms with Crippen LogP contribution >= 0.6 is 15.9 Å². The van der Waals surface area contributed by atoms with E-state index >= 15 is 0 Å². The van der Waals surface area contributed by atoms with Crippen molar-refractivity contribution in [2.75, 3.05) is 19.5 Å². The summed E-state index contributed by atoms with van der Waals surface area (Å²) in [7, 11) is 3.06. The van der Waals surface area contributed by atoms with Crippen molar-refractivity contribution in [2.24, 2.45) is 0 Å². The molecule has 0 heterocycles. The second kappa shape index (κ2) is 9.28. The number of anilines is 1. The average Bonchev–Trinajstić information content (AvgIpc) is 2.72. The number of methoxy groups -OCH3 is 2. The lowest BCUT2D eigenvalue weighted by Crippen LogP contribution is -2.12. The molecule has 5 nitrogen and oxygen atoms in total. The van der Waals surface area contributed by atoms with Crippen LogP contribution in [0.3, 0.4) is 0 Å². The molecule has 3 rings (SSSR count). The third-order valence-electron chi connectivity index (χ3n) is 4.03. The van der Waals surface area contributed by atoms with Gasteiger partial charge in [-0.25, -0.2) is 0 Å². The lowest BCUT2D eigenvalue weighted by molar-refractivity contribution is 0.102. The molecule has 0 unspecified atom stereocenters. The van der Waals surface area contributed by atoms with Gasteiger partial charge in [-0.1, -0.05) is 52.3 Å². The highest BCUT2D eigenvalue weighted by Crippen LogP contribution is 2.39. The van der Waals surface area contributed by atoms with Crippen LogP contribution in [0.2, 0.25) is 0 Å². The van der Waals surface area contributed by atoms with E-state index < -0.39 is 0 Å². The van der Waals surface area contributed by atoms with Gasteiger partial charge in [-0.2, -0.15) is 0 Å². The number of hydrogen-bond acceptors (Lipinski definition) is 4. The number of amides is 1. The molecule has 0 fully saturated rings. The number of hydrogen-bond donors (Lipinski definition) is 1. The second-order valence-corrected chi connectivity index (χ2v) is 6.86. The minimum absolute atomic E-state index is 0.274. The van der Waals surface area contributed by atoms with Gasteiger partial charge in [0.15, 0.2) is 11.5 Å². The number of nitrogens with one attached hydrogen (secondary N) is 1. The van der Waals surface area contributed by atoms with Crippen molar-refractivity contribution >= 4 is 27.5 Å². The lowest BCUT2D eigenvalue weighted by atomic mass is 10.1. The van der Waals surface area contributed by atoms with Crippen molar-refractivity contribution < 1.29 is 19.0 Å². The Morgan fingerprint density at radius 3 is 2.21 bits per heavy atom. The van der Waals surface area contributed by atoms with Gasteiger partial charge in [0.25, 0.3) is 5.91 Å². The van der Waals surface area contributed by atoms with Crippen LogP contribution in [0.15, 0.2) is 71.2 Å². The van der Waals surface area contributed by atoms with E-state index in [4.69, 9.17) is 14.2 Å². The molecule has 3 aromatic rings. The fourth-order valence-corrected chi connectivity index (χ4v) is 3.05. The fraction of sp³-hybridized carbons (Fsp3) is 0.136. The Hall–Kier alpha value is -2.99. The Morgan fingerprint density at radius 1 is 0.929 bits per heavy atom. The minimum Gasteiger partial charge on any atom is -0.493 e. The van der Waals surface area contributed by atoms with Crippen molar-refractivity contribution in [2.45, 2.75) is 6.61 Å². The van der Waals surface area contributed by atoms with Crippen molar-refractivity contribution in [3.05, 3.63) is 82.3 Å². The van der Waals surface area contributed by atoms with E-state index in [-0.39, 0.29) is 5.91 Å². The summed E-state index contributed by atoms with van der Waals surface area (Å²) in [5.41, 5.74) is 2.10. The molecule has 0 radical (unpaired) electrons.